The molecular formula is C26H22F4N2O5. The van der Waals surface area contributed by atoms with E-state index < -0.39 is 29.7 Å². The van der Waals surface area contributed by atoms with Crippen molar-refractivity contribution in [2.45, 2.75) is 25.4 Å². The average Bonchev–Trinajstić information content (AvgIpc) is 2.81. The fourth-order valence-electron chi connectivity index (χ4n) is 3.07. The Kier molecular flexibility index (Phi) is 7.76. The second-order valence-corrected chi connectivity index (χ2v) is 8.10. The summed E-state index contributed by atoms with van der Waals surface area (Å²) >= 11 is 0. The Morgan fingerprint density at radius 1 is 0.919 bits per heavy atom. The largest absolute Gasteiger partial charge is 0.478 e. The van der Waals surface area contributed by atoms with Crippen molar-refractivity contribution in [3.63, 3.8) is 0 Å². The van der Waals surface area contributed by atoms with Gasteiger partial charge in [0, 0.05) is 30.3 Å². The number of carbonyl (C=O) groups excluding carboxylic acids is 1. The van der Waals surface area contributed by atoms with Crippen LogP contribution in [-0.4, -0.2) is 29.1 Å². The van der Waals surface area contributed by atoms with E-state index in [0.717, 1.165) is 24.3 Å². The molecule has 0 amide bonds. The molecule has 3 aromatic carbocycles. The molecule has 5 N–H and O–H groups in total. The highest BCUT2D eigenvalue weighted by molar-refractivity contribution is 5.93. The number of benzene rings is 3. The fourth-order valence-corrected chi connectivity index (χ4v) is 3.07. The first kappa shape index (κ1) is 27.1. The molecule has 0 saturated carbocycles. The van der Waals surface area contributed by atoms with Gasteiger partial charge in [-0.15, -0.1) is 0 Å². The zero-order valence-corrected chi connectivity index (χ0v) is 19.4. The van der Waals surface area contributed by atoms with Crippen molar-refractivity contribution in [3.8, 4) is 11.5 Å². The summed E-state index contributed by atoms with van der Waals surface area (Å²) in [5, 5.41) is 9.58. The third kappa shape index (κ3) is 7.00. The lowest BCUT2D eigenvalue weighted by molar-refractivity contribution is -0.301. The van der Waals surface area contributed by atoms with Crippen molar-refractivity contribution in [2.24, 2.45) is 0 Å². The minimum Gasteiger partial charge on any atom is -0.478 e. The number of hydrogen-bond acceptors (Lipinski definition) is 6. The van der Waals surface area contributed by atoms with Gasteiger partial charge in [0.15, 0.2) is 0 Å². The van der Waals surface area contributed by atoms with Crippen LogP contribution < -0.4 is 20.9 Å². The molecule has 194 valence electrons. The highest BCUT2D eigenvalue weighted by Gasteiger charge is 2.55. The molecule has 0 fully saturated rings. The Bertz CT molecular complexity index is 1320. The number of alkyl halides is 4. The Balaban J connectivity index is 1.68. The van der Waals surface area contributed by atoms with Gasteiger partial charge in [-0.1, -0.05) is 12.1 Å². The molecule has 3 aromatic rings. The zero-order chi connectivity index (χ0) is 27.4. The highest BCUT2D eigenvalue weighted by Crippen LogP contribution is 2.35. The maximum absolute atomic E-state index is 13.4. The predicted octanol–water partition coefficient (Wildman–Crippen LogP) is 5.41. The summed E-state index contributed by atoms with van der Waals surface area (Å²) in [5.41, 5.74) is 13.6. The minimum atomic E-state index is -4.73. The maximum Gasteiger partial charge on any atom is 0.463 e. The topological polar surface area (TPSA) is 125 Å². The summed E-state index contributed by atoms with van der Waals surface area (Å²) in [6.07, 6.45) is -3.26. The summed E-state index contributed by atoms with van der Waals surface area (Å²) in [5.74, 6) is -6.83. The standard InChI is InChI=1S/C26H22F4N2O5/c1-25(27,28)26(29,30)37-21-9-4-16(5-10-21)24(35)36-20-7-2-15(3-8-20)12-18(23(33)34)13-17-14-19(31)6-11-22(17)32/h2-12,14H,13,31-32H2,1H3,(H,33,34)/b18-12+. The van der Waals surface area contributed by atoms with E-state index in [2.05, 4.69) is 4.74 Å². The summed E-state index contributed by atoms with van der Waals surface area (Å²) in [7, 11) is 0. The number of ether oxygens (including phenoxy) is 2. The van der Waals surface area contributed by atoms with Crippen LogP contribution in [0.2, 0.25) is 0 Å². The first-order chi connectivity index (χ1) is 17.2. The van der Waals surface area contributed by atoms with E-state index in [1.807, 2.05) is 0 Å². The zero-order valence-electron chi connectivity index (χ0n) is 19.4. The third-order valence-corrected chi connectivity index (χ3v) is 5.10. The van der Waals surface area contributed by atoms with E-state index in [0.29, 0.717) is 22.5 Å². The number of hydrogen-bond donors (Lipinski definition) is 3. The maximum atomic E-state index is 13.4. The smallest absolute Gasteiger partial charge is 0.463 e. The van der Waals surface area contributed by atoms with Crippen molar-refractivity contribution in [1.82, 2.24) is 0 Å². The Hall–Kier alpha value is -4.54. The highest BCUT2D eigenvalue weighted by atomic mass is 19.3. The number of carboxylic acids is 1. The molecule has 3 rings (SSSR count). The Morgan fingerprint density at radius 2 is 1.51 bits per heavy atom. The van der Waals surface area contributed by atoms with Gasteiger partial charge in [0.1, 0.15) is 11.5 Å². The molecule has 0 aliphatic rings. The number of carbonyl (C=O) groups is 2. The van der Waals surface area contributed by atoms with E-state index in [1.54, 1.807) is 18.2 Å². The van der Waals surface area contributed by atoms with Crippen LogP contribution in [0.15, 0.2) is 72.3 Å². The van der Waals surface area contributed by atoms with Gasteiger partial charge in [0.05, 0.1) is 5.56 Å². The van der Waals surface area contributed by atoms with Crippen molar-refractivity contribution in [1.29, 1.82) is 0 Å². The fraction of sp³-hybridized carbons (Fsp3) is 0.154. The van der Waals surface area contributed by atoms with E-state index in [4.69, 9.17) is 16.2 Å². The number of nitrogens with two attached hydrogens (primary N) is 2. The van der Waals surface area contributed by atoms with Gasteiger partial charge >= 0.3 is 24.0 Å². The monoisotopic (exact) mass is 518 g/mol. The number of carboxylic acid groups (broad SMARTS) is 1. The molecule has 37 heavy (non-hydrogen) atoms. The van der Waals surface area contributed by atoms with E-state index in [9.17, 15) is 32.3 Å². The third-order valence-electron chi connectivity index (χ3n) is 5.10. The lowest BCUT2D eigenvalue weighted by atomic mass is 10.0. The molecule has 0 heterocycles. The summed E-state index contributed by atoms with van der Waals surface area (Å²) in [6.45, 7) is 0.0255. The van der Waals surface area contributed by atoms with Crippen LogP contribution in [0.5, 0.6) is 11.5 Å². The van der Waals surface area contributed by atoms with Gasteiger partial charge < -0.3 is 26.0 Å². The normalized spacial score (nSPS) is 12.2. The first-order valence-corrected chi connectivity index (χ1v) is 10.7. The van der Waals surface area contributed by atoms with Gasteiger partial charge in [-0.3, -0.25) is 0 Å². The van der Waals surface area contributed by atoms with Crippen LogP contribution in [0.3, 0.4) is 0 Å². The van der Waals surface area contributed by atoms with Crippen LogP contribution in [0.1, 0.15) is 28.4 Å². The Labute approximate surface area is 208 Å². The summed E-state index contributed by atoms with van der Waals surface area (Å²) in [6, 6.07) is 14.7. The molecule has 7 nitrogen and oxygen atoms in total. The second-order valence-electron chi connectivity index (χ2n) is 8.10. The van der Waals surface area contributed by atoms with Gasteiger partial charge in [0.25, 0.3) is 0 Å². The van der Waals surface area contributed by atoms with E-state index in [1.165, 1.54) is 30.3 Å². The summed E-state index contributed by atoms with van der Waals surface area (Å²) in [4.78, 5) is 24.1. The van der Waals surface area contributed by atoms with Gasteiger partial charge in [-0.2, -0.15) is 17.6 Å². The molecular weight excluding hydrogens is 496 g/mol. The molecule has 0 saturated heterocycles. The molecule has 0 aliphatic carbocycles. The molecule has 11 heteroatoms. The number of esters is 1. The van der Waals surface area contributed by atoms with Crippen molar-refractivity contribution >= 4 is 29.4 Å². The number of nitrogen functional groups attached to an aromatic ring is 2. The first-order valence-electron chi connectivity index (χ1n) is 10.7. The lowest BCUT2D eigenvalue weighted by Crippen LogP contribution is -2.42. The number of aliphatic carboxylic acids is 1. The van der Waals surface area contributed by atoms with Gasteiger partial charge in [-0.05, 0) is 71.8 Å². The number of halogens is 4. The molecule has 0 aliphatic heterocycles. The van der Waals surface area contributed by atoms with Crippen molar-refractivity contribution in [2.75, 3.05) is 11.5 Å². The molecule has 0 unspecified atom stereocenters. The second kappa shape index (κ2) is 10.6. The van der Waals surface area contributed by atoms with Gasteiger partial charge in [-0.25, -0.2) is 9.59 Å². The van der Waals surface area contributed by atoms with Crippen LogP contribution in [0.4, 0.5) is 28.9 Å². The van der Waals surface area contributed by atoms with Crippen molar-refractivity contribution < 1.29 is 41.7 Å². The van der Waals surface area contributed by atoms with E-state index in [-0.39, 0.29) is 30.2 Å². The number of anilines is 2. The predicted molar refractivity (Wildman–Crippen MR) is 129 cm³/mol. The average molecular weight is 518 g/mol. The van der Waals surface area contributed by atoms with Crippen LogP contribution >= 0.6 is 0 Å². The summed E-state index contributed by atoms with van der Waals surface area (Å²) < 4.78 is 61.8. The molecule has 0 atom stereocenters. The minimum absolute atomic E-state index is 0.0255. The van der Waals surface area contributed by atoms with Crippen molar-refractivity contribution in [3.05, 3.63) is 89.0 Å². The van der Waals surface area contributed by atoms with Gasteiger partial charge in [0.2, 0.25) is 0 Å². The van der Waals surface area contributed by atoms with Crippen LogP contribution in [-0.2, 0) is 11.2 Å². The molecule has 0 spiro atoms. The lowest BCUT2D eigenvalue weighted by Gasteiger charge is -2.23. The Morgan fingerprint density at radius 3 is 2.08 bits per heavy atom. The quantitative estimate of drug-likeness (QED) is 0.114. The molecule has 0 aromatic heterocycles. The SMILES string of the molecule is CC(F)(F)C(F)(F)Oc1ccc(C(=O)Oc2ccc(/C=C(\Cc3cc(N)ccc3N)C(=O)O)cc2)cc1. The molecule has 0 bridgehead atoms. The molecule has 0 radical (unpaired) electrons. The van der Waals surface area contributed by atoms with Crippen LogP contribution in [0, 0.1) is 0 Å². The number of rotatable bonds is 9. The van der Waals surface area contributed by atoms with Crippen LogP contribution in [0.25, 0.3) is 6.08 Å². The van der Waals surface area contributed by atoms with E-state index >= 15 is 0 Å².